The van der Waals surface area contributed by atoms with Crippen LogP contribution >= 0.6 is 0 Å². The fourth-order valence-corrected chi connectivity index (χ4v) is 1.83. The molecule has 0 aromatic heterocycles. The first-order valence-electron chi connectivity index (χ1n) is 6.67. The highest BCUT2D eigenvalue weighted by Gasteiger charge is 2.07. The average Bonchev–Trinajstić information content (AvgIpc) is 2.36. The van der Waals surface area contributed by atoms with E-state index in [1.54, 1.807) is 7.11 Å². The number of benzene rings is 1. The third-order valence-electron chi connectivity index (χ3n) is 2.76. The highest BCUT2D eigenvalue weighted by Crippen LogP contribution is 2.12. The molecule has 0 saturated carbocycles. The van der Waals surface area contributed by atoms with E-state index in [1.165, 1.54) is 5.56 Å². The van der Waals surface area contributed by atoms with E-state index in [-0.39, 0.29) is 18.0 Å². The summed E-state index contributed by atoms with van der Waals surface area (Å²) < 4.78 is 5.12. The molecule has 0 radical (unpaired) electrons. The Labute approximate surface area is 115 Å². The van der Waals surface area contributed by atoms with E-state index in [0.717, 1.165) is 12.2 Å². The molecule has 0 spiro atoms. The van der Waals surface area contributed by atoms with Gasteiger partial charge in [-0.2, -0.15) is 0 Å². The Morgan fingerprint density at radius 3 is 2.37 bits per heavy atom. The van der Waals surface area contributed by atoms with Crippen LogP contribution in [0.2, 0.25) is 0 Å². The van der Waals surface area contributed by atoms with E-state index in [4.69, 9.17) is 4.74 Å². The van der Waals surface area contributed by atoms with Crippen LogP contribution in [-0.2, 0) is 11.2 Å². The molecule has 0 aliphatic rings. The van der Waals surface area contributed by atoms with E-state index in [2.05, 4.69) is 17.6 Å². The summed E-state index contributed by atoms with van der Waals surface area (Å²) in [5.41, 5.74) is 1.23. The molecular weight excluding hydrogens is 240 g/mol. The quantitative estimate of drug-likeness (QED) is 0.788. The molecule has 4 nitrogen and oxygen atoms in total. The lowest BCUT2D eigenvalue weighted by atomic mass is 10.1. The Kier molecular flexibility index (Phi) is 6.36. The van der Waals surface area contributed by atoms with Gasteiger partial charge >= 0.3 is 0 Å². The summed E-state index contributed by atoms with van der Waals surface area (Å²) in [6.07, 6.45) is 0.888. The summed E-state index contributed by atoms with van der Waals surface area (Å²) in [6, 6.07) is 8.44. The number of rotatable bonds is 7. The lowest BCUT2D eigenvalue weighted by Crippen LogP contribution is -2.41. The number of hydrogen-bond donors (Lipinski definition) is 2. The van der Waals surface area contributed by atoms with Gasteiger partial charge in [-0.15, -0.1) is 0 Å². The fraction of sp³-hybridized carbons (Fsp3) is 0.533. The molecule has 0 heterocycles. The molecule has 0 saturated heterocycles. The molecule has 1 atom stereocenters. The average molecular weight is 264 g/mol. The van der Waals surface area contributed by atoms with Crippen LogP contribution < -0.4 is 15.4 Å². The van der Waals surface area contributed by atoms with Crippen molar-refractivity contribution in [1.29, 1.82) is 0 Å². The molecule has 4 heteroatoms. The lowest BCUT2D eigenvalue weighted by molar-refractivity contribution is -0.120. The van der Waals surface area contributed by atoms with Gasteiger partial charge in [-0.25, -0.2) is 0 Å². The van der Waals surface area contributed by atoms with E-state index in [0.29, 0.717) is 6.54 Å². The summed E-state index contributed by atoms with van der Waals surface area (Å²) >= 11 is 0. The maximum absolute atomic E-state index is 11.5. The van der Waals surface area contributed by atoms with Gasteiger partial charge in [-0.1, -0.05) is 12.1 Å². The van der Waals surface area contributed by atoms with Gasteiger partial charge in [0, 0.05) is 12.1 Å². The topological polar surface area (TPSA) is 50.4 Å². The van der Waals surface area contributed by atoms with Crippen LogP contribution in [0.5, 0.6) is 5.75 Å². The summed E-state index contributed by atoms with van der Waals surface area (Å²) in [5.74, 6) is 0.900. The number of hydrogen-bond acceptors (Lipinski definition) is 3. The molecule has 1 rings (SSSR count). The first kappa shape index (κ1) is 15.5. The summed E-state index contributed by atoms with van der Waals surface area (Å²) in [5, 5.41) is 6.08. The van der Waals surface area contributed by atoms with Gasteiger partial charge < -0.3 is 15.4 Å². The van der Waals surface area contributed by atoms with Crippen molar-refractivity contribution >= 4 is 5.91 Å². The number of ether oxygens (including phenoxy) is 1. The van der Waals surface area contributed by atoms with Crippen LogP contribution in [0.1, 0.15) is 26.3 Å². The first-order valence-corrected chi connectivity index (χ1v) is 6.67. The number of methoxy groups -OCH3 is 1. The Bertz CT molecular complexity index is 388. The van der Waals surface area contributed by atoms with Crippen molar-refractivity contribution in [1.82, 2.24) is 10.6 Å². The van der Waals surface area contributed by atoms with Crippen molar-refractivity contribution in [2.75, 3.05) is 13.7 Å². The van der Waals surface area contributed by atoms with Gasteiger partial charge in [-0.3, -0.25) is 4.79 Å². The monoisotopic (exact) mass is 264 g/mol. The number of nitrogens with one attached hydrogen (secondary N) is 2. The maximum atomic E-state index is 11.5. The highest BCUT2D eigenvalue weighted by molar-refractivity contribution is 5.78. The van der Waals surface area contributed by atoms with Crippen LogP contribution in [0.3, 0.4) is 0 Å². The number of carbonyl (C=O) groups excluding carboxylic acids is 1. The minimum Gasteiger partial charge on any atom is -0.497 e. The Morgan fingerprint density at radius 2 is 1.84 bits per heavy atom. The highest BCUT2D eigenvalue weighted by atomic mass is 16.5. The van der Waals surface area contributed by atoms with Gasteiger partial charge in [0.2, 0.25) is 5.91 Å². The molecule has 1 aromatic carbocycles. The van der Waals surface area contributed by atoms with Crippen molar-refractivity contribution < 1.29 is 9.53 Å². The van der Waals surface area contributed by atoms with Crippen LogP contribution in [0.4, 0.5) is 0 Å². The third kappa shape index (κ3) is 6.25. The van der Waals surface area contributed by atoms with Gasteiger partial charge in [0.25, 0.3) is 0 Å². The molecule has 0 fully saturated rings. The zero-order valence-electron chi connectivity index (χ0n) is 12.2. The van der Waals surface area contributed by atoms with E-state index in [9.17, 15) is 4.79 Å². The minimum atomic E-state index is 0.0385. The second-order valence-corrected chi connectivity index (χ2v) is 5.06. The molecule has 0 bridgehead atoms. The third-order valence-corrected chi connectivity index (χ3v) is 2.76. The zero-order chi connectivity index (χ0) is 14.3. The molecule has 2 N–H and O–H groups in total. The minimum absolute atomic E-state index is 0.0385. The van der Waals surface area contributed by atoms with Crippen molar-refractivity contribution in [3.05, 3.63) is 29.8 Å². The van der Waals surface area contributed by atoms with Crippen LogP contribution in [0.15, 0.2) is 24.3 Å². The SMILES string of the molecule is COc1ccc(CC(C)NCC(=O)NC(C)C)cc1. The molecule has 0 aliphatic carbocycles. The number of carbonyl (C=O) groups is 1. The molecule has 1 amide bonds. The van der Waals surface area contributed by atoms with E-state index in [1.807, 2.05) is 38.1 Å². The molecule has 106 valence electrons. The Morgan fingerprint density at radius 1 is 1.21 bits per heavy atom. The second kappa shape index (κ2) is 7.79. The van der Waals surface area contributed by atoms with Gasteiger partial charge in [0.1, 0.15) is 5.75 Å². The molecule has 1 unspecified atom stereocenters. The van der Waals surface area contributed by atoms with Crippen molar-refractivity contribution in [2.24, 2.45) is 0 Å². The normalized spacial score (nSPS) is 12.3. The molecule has 0 aliphatic heterocycles. The van der Waals surface area contributed by atoms with Gasteiger partial charge in [0.05, 0.1) is 13.7 Å². The molecule has 19 heavy (non-hydrogen) atoms. The van der Waals surface area contributed by atoms with Crippen LogP contribution in [-0.4, -0.2) is 31.6 Å². The number of amides is 1. The largest absolute Gasteiger partial charge is 0.497 e. The second-order valence-electron chi connectivity index (χ2n) is 5.06. The summed E-state index contributed by atoms with van der Waals surface area (Å²) in [7, 11) is 1.66. The van der Waals surface area contributed by atoms with Crippen LogP contribution in [0, 0.1) is 0 Å². The fourth-order valence-electron chi connectivity index (χ4n) is 1.83. The Balaban J connectivity index is 2.33. The zero-order valence-corrected chi connectivity index (χ0v) is 12.2. The molecule has 1 aromatic rings. The summed E-state index contributed by atoms with van der Waals surface area (Å²) in [4.78, 5) is 11.5. The van der Waals surface area contributed by atoms with Crippen molar-refractivity contribution in [3.8, 4) is 5.75 Å². The molecular formula is C15H24N2O2. The smallest absolute Gasteiger partial charge is 0.234 e. The van der Waals surface area contributed by atoms with Crippen molar-refractivity contribution in [3.63, 3.8) is 0 Å². The van der Waals surface area contributed by atoms with Gasteiger partial charge in [0.15, 0.2) is 0 Å². The Hall–Kier alpha value is -1.55. The van der Waals surface area contributed by atoms with Crippen LogP contribution in [0.25, 0.3) is 0 Å². The first-order chi connectivity index (χ1) is 9.01. The lowest BCUT2D eigenvalue weighted by Gasteiger charge is -2.15. The predicted octanol–water partition coefficient (Wildman–Crippen LogP) is 1.74. The maximum Gasteiger partial charge on any atom is 0.234 e. The van der Waals surface area contributed by atoms with E-state index >= 15 is 0 Å². The summed E-state index contributed by atoms with van der Waals surface area (Å²) in [6.45, 7) is 6.35. The van der Waals surface area contributed by atoms with Gasteiger partial charge in [-0.05, 0) is 44.9 Å². The predicted molar refractivity (Wildman–Crippen MR) is 77.4 cm³/mol. The standard InChI is InChI=1S/C15H24N2O2/c1-11(2)17-15(18)10-16-12(3)9-13-5-7-14(19-4)8-6-13/h5-8,11-12,16H,9-10H2,1-4H3,(H,17,18). The van der Waals surface area contributed by atoms with E-state index < -0.39 is 0 Å². The van der Waals surface area contributed by atoms with Crippen molar-refractivity contribution in [2.45, 2.75) is 39.3 Å².